The second kappa shape index (κ2) is 13.3. The van der Waals surface area contributed by atoms with Gasteiger partial charge in [0.25, 0.3) is 0 Å². The van der Waals surface area contributed by atoms with Crippen molar-refractivity contribution in [2.24, 2.45) is 4.99 Å². The molecular weight excluding hydrogens is 546 g/mol. The zero-order chi connectivity index (χ0) is 27.8. The summed E-state index contributed by atoms with van der Waals surface area (Å²) in [4.78, 5) is 32.3. The second-order valence-corrected chi connectivity index (χ2v) is 11.0. The molecule has 2 atom stereocenters. The van der Waals surface area contributed by atoms with E-state index in [4.69, 9.17) is 0 Å². The molecule has 2 N–H and O–H groups in total. The first-order valence-electron chi connectivity index (χ1n) is 12.2. The lowest BCUT2D eigenvalue weighted by atomic mass is 9.82. The van der Waals surface area contributed by atoms with Crippen LogP contribution in [0.3, 0.4) is 0 Å². The maximum atomic E-state index is 13.0. The molecule has 0 spiro atoms. The predicted octanol–water partition coefficient (Wildman–Crippen LogP) is 5.33. The molecule has 10 nitrogen and oxygen atoms in total. The van der Waals surface area contributed by atoms with Crippen LogP contribution in [-0.4, -0.2) is 43.9 Å². The normalized spacial score (nSPS) is 18.0. The van der Waals surface area contributed by atoms with E-state index in [0.29, 0.717) is 21.7 Å². The van der Waals surface area contributed by atoms with Crippen LogP contribution in [0.25, 0.3) is 0 Å². The van der Waals surface area contributed by atoms with Crippen LogP contribution in [0.4, 0.5) is 19.0 Å². The number of allylic oxidation sites excluding steroid dienone is 3. The van der Waals surface area contributed by atoms with Crippen LogP contribution < -0.4 is 10.6 Å². The van der Waals surface area contributed by atoms with Gasteiger partial charge >= 0.3 is 0 Å². The smallest absolute Gasteiger partial charge is 0.232 e. The van der Waals surface area contributed by atoms with E-state index in [1.54, 1.807) is 0 Å². The van der Waals surface area contributed by atoms with Crippen molar-refractivity contribution < 1.29 is 18.4 Å². The molecule has 3 heterocycles. The average molecular weight is 573 g/mol. The Bertz CT molecular complexity index is 1380. The van der Waals surface area contributed by atoms with Crippen molar-refractivity contribution in [3.63, 3.8) is 0 Å². The van der Waals surface area contributed by atoms with E-state index in [2.05, 4.69) is 47.7 Å². The standard InChI is InChI=1S/C25H26F2N8O2S2/c1-14(26)6-8-18(28-2)11-20(36)30-24-34-32-22(38-24)15-4-3-5-16(10-15)23-33-35-25(39-23)31-21(37)12-19-9-7-17(27)13-29-19/h6-9,13,15-16H,2-5,10-12H2,1H3,(H,30,34,36)(H,31,35,37)/b14-6+,18-8-/t15-,16-/m0/s1. The van der Waals surface area contributed by atoms with Crippen LogP contribution in [0.1, 0.15) is 66.6 Å². The molecule has 2 amide bonds. The summed E-state index contributed by atoms with van der Waals surface area (Å²) < 4.78 is 25.9. The van der Waals surface area contributed by atoms with Crippen molar-refractivity contribution >= 4 is 51.5 Å². The number of aliphatic imine (C=N–C) groups is 1. The Morgan fingerprint density at radius 3 is 2.26 bits per heavy atom. The van der Waals surface area contributed by atoms with Gasteiger partial charge in [-0.15, -0.1) is 20.4 Å². The Kier molecular flexibility index (Phi) is 9.65. The van der Waals surface area contributed by atoms with E-state index in [9.17, 15) is 18.4 Å². The van der Waals surface area contributed by atoms with E-state index in [-0.39, 0.29) is 36.5 Å². The molecule has 0 aromatic carbocycles. The van der Waals surface area contributed by atoms with Gasteiger partial charge in [0, 0.05) is 23.2 Å². The van der Waals surface area contributed by atoms with E-state index < -0.39 is 11.6 Å². The lowest BCUT2D eigenvalue weighted by Gasteiger charge is -2.25. The molecular formula is C25H26F2N8O2S2. The molecule has 0 aliphatic heterocycles. The number of carbonyl (C=O) groups excluding carboxylic acids is 2. The number of aromatic nitrogens is 5. The van der Waals surface area contributed by atoms with Crippen molar-refractivity contribution in [2.75, 3.05) is 10.6 Å². The van der Waals surface area contributed by atoms with E-state index >= 15 is 0 Å². The maximum absolute atomic E-state index is 13.0. The fourth-order valence-corrected chi connectivity index (χ4v) is 5.90. The number of anilines is 2. The fraction of sp³-hybridized carbons (Fsp3) is 0.360. The predicted molar refractivity (Wildman–Crippen MR) is 146 cm³/mol. The molecule has 1 fully saturated rings. The number of hydrogen-bond acceptors (Lipinski definition) is 10. The number of nitrogens with zero attached hydrogens (tertiary/aromatic N) is 6. The molecule has 0 unspecified atom stereocenters. The number of carbonyl (C=O) groups is 2. The van der Waals surface area contributed by atoms with Gasteiger partial charge in [0.05, 0.1) is 24.9 Å². The Labute approximate surface area is 231 Å². The summed E-state index contributed by atoms with van der Waals surface area (Å²) in [7, 11) is 0. The molecule has 0 saturated heterocycles. The third-order valence-electron chi connectivity index (χ3n) is 5.93. The SMILES string of the molecule is C=N/C(=C\C=C(/C)F)CC(=O)Nc1nnc([C@H]2CCC[C@H](c3nnc(NC(=O)Cc4ccc(F)cn4)s3)C2)s1. The molecule has 0 radical (unpaired) electrons. The van der Waals surface area contributed by atoms with Gasteiger partial charge in [-0.05, 0) is 57.2 Å². The third kappa shape index (κ3) is 8.35. The minimum absolute atomic E-state index is 0.00660. The van der Waals surface area contributed by atoms with E-state index in [0.717, 1.165) is 41.9 Å². The minimum atomic E-state index is -0.459. The largest absolute Gasteiger partial charge is 0.300 e. The summed E-state index contributed by atoms with van der Waals surface area (Å²) >= 11 is 2.66. The molecule has 204 valence electrons. The van der Waals surface area contributed by atoms with Gasteiger partial charge < -0.3 is 10.6 Å². The highest BCUT2D eigenvalue weighted by atomic mass is 32.1. The zero-order valence-corrected chi connectivity index (χ0v) is 22.7. The van der Waals surface area contributed by atoms with Gasteiger partial charge in [-0.2, -0.15) is 0 Å². The summed E-state index contributed by atoms with van der Waals surface area (Å²) in [5, 5.41) is 24.7. The molecule has 0 bridgehead atoms. The Hall–Kier alpha value is -3.78. The van der Waals surface area contributed by atoms with Crippen molar-refractivity contribution in [3.8, 4) is 0 Å². The van der Waals surface area contributed by atoms with E-state index in [1.807, 2.05) is 0 Å². The van der Waals surface area contributed by atoms with Crippen LogP contribution in [-0.2, 0) is 16.0 Å². The number of amides is 2. The Balaban J connectivity index is 1.31. The van der Waals surface area contributed by atoms with Crippen molar-refractivity contribution in [1.29, 1.82) is 0 Å². The highest BCUT2D eigenvalue weighted by Crippen LogP contribution is 2.43. The van der Waals surface area contributed by atoms with Crippen LogP contribution in [0.5, 0.6) is 0 Å². The average Bonchev–Trinajstić information content (AvgIpc) is 3.58. The van der Waals surface area contributed by atoms with Crippen LogP contribution in [0.15, 0.2) is 47.0 Å². The first kappa shape index (κ1) is 28.2. The summed E-state index contributed by atoms with van der Waals surface area (Å²) in [6.45, 7) is 4.71. The second-order valence-electron chi connectivity index (χ2n) is 8.94. The molecule has 1 aliphatic carbocycles. The summed E-state index contributed by atoms with van der Waals surface area (Å²) in [5.74, 6) is -1.19. The molecule has 39 heavy (non-hydrogen) atoms. The Morgan fingerprint density at radius 2 is 1.69 bits per heavy atom. The third-order valence-corrected chi connectivity index (χ3v) is 7.93. The minimum Gasteiger partial charge on any atom is -0.300 e. The first-order chi connectivity index (χ1) is 18.8. The molecule has 3 aromatic heterocycles. The number of nitrogens with one attached hydrogen (secondary N) is 2. The first-order valence-corrected chi connectivity index (χ1v) is 13.8. The molecule has 14 heteroatoms. The molecule has 3 aromatic rings. The monoisotopic (exact) mass is 572 g/mol. The highest BCUT2D eigenvalue weighted by molar-refractivity contribution is 7.15. The van der Waals surface area contributed by atoms with Gasteiger partial charge in [-0.25, -0.2) is 8.78 Å². The summed E-state index contributed by atoms with van der Waals surface area (Å²) in [5.41, 5.74) is 0.795. The zero-order valence-electron chi connectivity index (χ0n) is 21.1. The molecule has 1 aliphatic rings. The topological polar surface area (TPSA) is 135 Å². The molecule has 1 saturated carbocycles. The fourth-order valence-electron chi connectivity index (χ4n) is 4.08. The molecule has 4 rings (SSSR count). The van der Waals surface area contributed by atoms with Crippen LogP contribution >= 0.6 is 22.7 Å². The van der Waals surface area contributed by atoms with Crippen molar-refractivity contribution in [2.45, 2.75) is 57.3 Å². The van der Waals surface area contributed by atoms with Gasteiger partial charge in [0.15, 0.2) is 0 Å². The number of hydrogen-bond donors (Lipinski definition) is 2. The summed E-state index contributed by atoms with van der Waals surface area (Å²) in [6, 6.07) is 2.73. The van der Waals surface area contributed by atoms with Gasteiger partial charge in [0.1, 0.15) is 15.8 Å². The van der Waals surface area contributed by atoms with Gasteiger partial charge in [-0.3, -0.25) is 19.6 Å². The van der Waals surface area contributed by atoms with E-state index in [1.165, 1.54) is 53.9 Å². The lowest BCUT2D eigenvalue weighted by molar-refractivity contribution is -0.116. The van der Waals surface area contributed by atoms with Crippen LogP contribution in [0.2, 0.25) is 0 Å². The lowest BCUT2D eigenvalue weighted by Crippen LogP contribution is -2.15. The van der Waals surface area contributed by atoms with Crippen molar-refractivity contribution in [3.05, 3.63) is 63.5 Å². The van der Waals surface area contributed by atoms with Crippen LogP contribution in [0, 0.1) is 5.82 Å². The maximum Gasteiger partial charge on any atom is 0.232 e. The highest BCUT2D eigenvalue weighted by Gasteiger charge is 2.29. The Morgan fingerprint density at radius 1 is 1.05 bits per heavy atom. The summed E-state index contributed by atoms with van der Waals surface area (Å²) in [6.07, 6.45) is 7.29. The number of halogens is 2. The van der Waals surface area contributed by atoms with Gasteiger partial charge in [-0.1, -0.05) is 29.1 Å². The quantitative estimate of drug-likeness (QED) is 0.248. The number of pyridine rings is 1. The van der Waals surface area contributed by atoms with Crippen molar-refractivity contribution in [1.82, 2.24) is 25.4 Å². The van der Waals surface area contributed by atoms with Gasteiger partial charge in [0.2, 0.25) is 22.1 Å². The number of rotatable bonds is 10.